The van der Waals surface area contributed by atoms with Crippen LogP contribution in [0, 0.1) is 6.92 Å². The molecule has 2 aliphatic heterocycles. The molecule has 2 aliphatic rings. The number of nitrogens with zero attached hydrogens (tertiary/aromatic N) is 2. The fraction of sp³-hybridized carbons (Fsp3) is 0.417. The van der Waals surface area contributed by atoms with Crippen LogP contribution in [0.5, 0.6) is 0 Å². The van der Waals surface area contributed by atoms with Crippen molar-refractivity contribution < 1.29 is 27.5 Å². The maximum atomic E-state index is 13.1. The lowest BCUT2D eigenvalue weighted by Crippen LogP contribution is -2.42. The largest absolute Gasteiger partial charge is 0.449 e. The van der Waals surface area contributed by atoms with Gasteiger partial charge in [-0.2, -0.15) is 4.31 Å². The van der Waals surface area contributed by atoms with Gasteiger partial charge in [0.25, 0.3) is 5.91 Å². The number of amides is 1. The highest BCUT2D eigenvalue weighted by molar-refractivity contribution is 7.89. The second kappa shape index (κ2) is 9.62. The van der Waals surface area contributed by atoms with E-state index in [-0.39, 0.29) is 29.5 Å². The second-order valence-corrected chi connectivity index (χ2v) is 10.2. The zero-order valence-electron chi connectivity index (χ0n) is 18.8. The van der Waals surface area contributed by atoms with E-state index in [9.17, 15) is 18.0 Å². The summed E-state index contributed by atoms with van der Waals surface area (Å²) in [5.41, 5.74) is 2.94. The molecule has 8 nitrogen and oxygen atoms in total. The van der Waals surface area contributed by atoms with E-state index >= 15 is 0 Å². The van der Waals surface area contributed by atoms with Crippen molar-refractivity contribution in [1.29, 1.82) is 0 Å². The summed E-state index contributed by atoms with van der Waals surface area (Å²) in [6.45, 7) is 5.46. The van der Waals surface area contributed by atoms with Crippen molar-refractivity contribution in [2.24, 2.45) is 0 Å². The molecule has 0 spiro atoms. The van der Waals surface area contributed by atoms with Crippen LogP contribution in [0.4, 0.5) is 0 Å². The molecule has 2 heterocycles. The second-order valence-electron chi connectivity index (χ2n) is 8.32. The smallest absolute Gasteiger partial charge is 0.338 e. The number of ether oxygens (including phenoxy) is 2. The molecule has 0 aromatic heterocycles. The number of carbonyl (C=O) groups excluding carboxylic acids is 2. The Morgan fingerprint density at radius 2 is 1.73 bits per heavy atom. The Bertz CT molecular complexity index is 1160. The summed E-state index contributed by atoms with van der Waals surface area (Å²) in [7, 11) is -3.77. The Labute approximate surface area is 194 Å². The van der Waals surface area contributed by atoms with Gasteiger partial charge in [-0.1, -0.05) is 30.3 Å². The number of hydrogen-bond acceptors (Lipinski definition) is 6. The lowest BCUT2D eigenvalue weighted by Gasteiger charge is -2.30. The first-order valence-electron chi connectivity index (χ1n) is 11.0. The first-order valence-corrected chi connectivity index (χ1v) is 12.5. The van der Waals surface area contributed by atoms with Gasteiger partial charge in [0.05, 0.1) is 23.7 Å². The highest BCUT2D eigenvalue weighted by Crippen LogP contribution is 2.24. The summed E-state index contributed by atoms with van der Waals surface area (Å²) in [5.74, 6) is -1.00. The van der Waals surface area contributed by atoms with E-state index in [4.69, 9.17) is 9.47 Å². The van der Waals surface area contributed by atoms with Gasteiger partial charge in [0, 0.05) is 26.2 Å². The molecule has 1 saturated heterocycles. The van der Waals surface area contributed by atoms with Crippen LogP contribution in [0.25, 0.3) is 0 Å². The van der Waals surface area contributed by atoms with Gasteiger partial charge in [0.15, 0.2) is 6.10 Å². The van der Waals surface area contributed by atoms with E-state index in [1.54, 1.807) is 24.8 Å². The number of benzene rings is 2. The van der Waals surface area contributed by atoms with Gasteiger partial charge >= 0.3 is 5.97 Å². The van der Waals surface area contributed by atoms with Crippen LogP contribution < -0.4 is 0 Å². The van der Waals surface area contributed by atoms with Gasteiger partial charge in [0.1, 0.15) is 0 Å². The molecule has 33 heavy (non-hydrogen) atoms. The van der Waals surface area contributed by atoms with Crippen LogP contribution in [-0.4, -0.2) is 68.5 Å². The van der Waals surface area contributed by atoms with Crippen LogP contribution in [0.1, 0.15) is 34.0 Å². The van der Waals surface area contributed by atoms with Crippen molar-refractivity contribution in [3.8, 4) is 0 Å². The Morgan fingerprint density at radius 1 is 1.03 bits per heavy atom. The summed E-state index contributed by atoms with van der Waals surface area (Å²) in [6, 6.07) is 12.4. The summed E-state index contributed by atoms with van der Waals surface area (Å²) in [5, 5.41) is 0. The van der Waals surface area contributed by atoms with E-state index < -0.39 is 22.1 Å². The Balaban J connectivity index is 1.46. The molecule has 9 heteroatoms. The van der Waals surface area contributed by atoms with Gasteiger partial charge in [-0.05, 0) is 49.1 Å². The van der Waals surface area contributed by atoms with Crippen LogP contribution >= 0.6 is 0 Å². The van der Waals surface area contributed by atoms with Crippen molar-refractivity contribution in [3.63, 3.8) is 0 Å². The molecule has 4 rings (SSSR count). The number of fused-ring (bicyclic) bond motifs is 1. The Kier molecular flexibility index (Phi) is 6.83. The fourth-order valence-corrected chi connectivity index (χ4v) is 5.81. The van der Waals surface area contributed by atoms with Gasteiger partial charge < -0.3 is 14.4 Å². The summed E-state index contributed by atoms with van der Waals surface area (Å²) in [4.78, 5) is 27.4. The molecule has 0 radical (unpaired) electrons. The quantitative estimate of drug-likeness (QED) is 0.619. The van der Waals surface area contributed by atoms with Gasteiger partial charge in [-0.3, -0.25) is 4.79 Å². The Morgan fingerprint density at radius 3 is 2.45 bits per heavy atom. The number of sulfonamides is 1. The van der Waals surface area contributed by atoms with E-state index in [1.165, 1.54) is 22.0 Å². The van der Waals surface area contributed by atoms with Crippen LogP contribution in [0.15, 0.2) is 47.4 Å². The number of hydrogen-bond donors (Lipinski definition) is 0. The molecule has 2 aromatic rings. The Hall–Kier alpha value is -2.75. The predicted molar refractivity (Wildman–Crippen MR) is 121 cm³/mol. The predicted octanol–water partition coefficient (Wildman–Crippen LogP) is 2.15. The number of carbonyl (C=O) groups is 2. The highest BCUT2D eigenvalue weighted by atomic mass is 32.2. The third-order valence-corrected chi connectivity index (χ3v) is 8.13. The molecule has 0 aliphatic carbocycles. The monoisotopic (exact) mass is 472 g/mol. The number of morpholine rings is 1. The zero-order chi connectivity index (χ0) is 23.6. The van der Waals surface area contributed by atoms with E-state index in [2.05, 4.69) is 6.07 Å². The fourth-order valence-electron chi connectivity index (χ4n) is 4.15. The minimum Gasteiger partial charge on any atom is -0.449 e. The SMILES string of the molecule is Cc1ccc(C(=O)OC(C)C(=O)N2CCc3ccccc3C2)cc1S(=O)(=O)N1CCOCC1. The van der Waals surface area contributed by atoms with Crippen LogP contribution in [0.2, 0.25) is 0 Å². The average molecular weight is 473 g/mol. The van der Waals surface area contributed by atoms with Crippen molar-refractivity contribution in [2.45, 2.75) is 37.8 Å². The van der Waals surface area contributed by atoms with Crippen molar-refractivity contribution >= 4 is 21.9 Å². The van der Waals surface area contributed by atoms with Crippen molar-refractivity contribution in [1.82, 2.24) is 9.21 Å². The molecule has 0 saturated carbocycles. The molecule has 1 atom stereocenters. The minimum absolute atomic E-state index is 0.0606. The third-order valence-electron chi connectivity index (χ3n) is 6.09. The van der Waals surface area contributed by atoms with Gasteiger partial charge in [-0.15, -0.1) is 0 Å². The van der Waals surface area contributed by atoms with E-state index in [0.29, 0.717) is 31.9 Å². The summed E-state index contributed by atoms with van der Waals surface area (Å²) < 4.78 is 38.2. The molecule has 0 N–H and O–H groups in total. The first kappa shape index (κ1) is 23.4. The van der Waals surface area contributed by atoms with E-state index in [1.807, 2.05) is 18.2 Å². The molecular formula is C24H28N2O6S. The third kappa shape index (κ3) is 4.95. The first-order chi connectivity index (χ1) is 15.8. The number of esters is 1. The topological polar surface area (TPSA) is 93.2 Å². The standard InChI is InChI=1S/C24H28N2O6S/c1-17-7-8-20(15-22(17)33(29,30)26-11-13-31-14-12-26)24(28)32-18(2)23(27)25-10-9-19-5-3-4-6-21(19)16-25/h3-8,15,18H,9-14,16H2,1-2H3. The number of rotatable bonds is 5. The van der Waals surface area contributed by atoms with Gasteiger partial charge in [-0.25, -0.2) is 13.2 Å². The normalized spacial score (nSPS) is 17.8. The molecular weight excluding hydrogens is 444 g/mol. The number of aryl methyl sites for hydroxylation is 1. The molecule has 1 amide bonds. The zero-order valence-corrected chi connectivity index (χ0v) is 19.6. The highest BCUT2D eigenvalue weighted by Gasteiger charge is 2.30. The maximum Gasteiger partial charge on any atom is 0.338 e. The molecule has 1 unspecified atom stereocenters. The van der Waals surface area contributed by atoms with Crippen molar-refractivity contribution in [3.05, 3.63) is 64.7 Å². The molecule has 2 aromatic carbocycles. The van der Waals surface area contributed by atoms with Crippen molar-refractivity contribution in [2.75, 3.05) is 32.8 Å². The summed E-state index contributed by atoms with van der Waals surface area (Å²) in [6.07, 6.45) is -0.230. The van der Waals surface area contributed by atoms with Crippen LogP contribution in [-0.2, 0) is 37.3 Å². The van der Waals surface area contributed by atoms with Gasteiger partial charge in [0.2, 0.25) is 10.0 Å². The molecule has 176 valence electrons. The van der Waals surface area contributed by atoms with Crippen LogP contribution in [0.3, 0.4) is 0 Å². The lowest BCUT2D eigenvalue weighted by atomic mass is 9.99. The lowest BCUT2D eigenvalue weighted by molar-refractivity contribution is -0.140. The summed E-state index contributed by atoms with van der Waals surface area (Å²) >= 11 is 0. The van der Waals surface area contributed by atoms with E-state index in [0.717, 1.165) is 12.0 Å². The average Bonchev–Trinajstić information content (AvgIpc) is 2.83. The molecule has 0 bridgehead atoms. The maximum absolute atomic E-state index is 13.1. The minimum atomic E-state index is -3.77. The molecule has 1 fully saturated rings.